The van der Waals surface area contributed by atoms with Gasteiger partial charge in [-0.1, -0.05) is 18.6 Å². The molecule has 2 saturated carbocycles. The summed E-state index contributed by atoms with van der Waals surface area (Å²) >= 11 is 0. The van der Waals surface area contributed by atoms with E-state index in [1.165, 1.54) is 6.42 Å². The normalized spacial score (nSPS) is 26.2. The summed E-state index contributed by atoms with van der Waals surface area (Å²) < 4.78 is 0. The van der Waals surface area contributed by atoms with Gasteiger partial charge in [0.1, 0.15) is 0 Å². The van der Waals surface area contributed by atoms with Crippen LogP contribution in [-0.2, 0) is 16.1 Å². The predicted octanol–water partition coefficient (Wildman–Crippen LogP) is 1.13. The molecule has 0 heterocycles. The Kier molecular flexibility index (Phi) is 3.57. The number of fused-ring (bicyclic) bond motifs is 1. The molecule has 0 aliphatic heterocycles. The molecule has 21 heavy (non-hydrogen) atoms. The van der Waals surface area contributed by atoms with Crippen LogP contribution < -0.4 is 11.5 Å². The van der Waals surface area contributed by atoms with Crippen LogP contribution in [-0.4, -0.2) is 23.3 Å². The summed E-state index contributed by atoms with van der Waals surface area (Å²) in [5.74, 6) is 0.783. The maximum atomic E-state index is 12.6. The highest BCUT2D eigenvalue weighted by Crippen LogP contribution is 2.58. The summed E-state index contributed by atoms with van der Waals surface area (Å²) in [5.41, 5.74) is 12.6. The minimum absolute atomic E-state index is 0.0242. The van der Waals surface area contributed by atoms with Gasteiger partial charge in [0.05, 0.1) is 6.54 Å². The highest BCUT2D eigenvalue weighted by Gasteiger charge is 2.57. The van der Waals surface area contributed by atoms with Crippen molar-refractivity contribution in [2.24, 2.45) is 23.5 Å². The summed E-state index contributed by atoms with van der Waals surface area (Å²) in [6.45, 7) is 0.367. The molecule has 2 amide bonds. The van der Waals surface area contributed by atoms with Crippen LogP contribution in [0, 0.1) is 17.8 Å². The molecule has 0 spiro atoms. The molecule has 2 unspecified atom stereocenters. The Morgan fingerprint density at radius 2 is 1.95 bits per heavy atom. The van der Waals surface area contributed by atoms with E-state index in [0.29, 0.717) is 24.1 Å². The molecule has 4 N–H and O–H groups in total. The van der Waals surface area contributed by atoms with Crippen LogP contribution >= 0.6 is 0 Å². The number of nitrogens with zero attached hydrogens (tertiary/aromatic N) is 1. The van der Waals surface area contributed by atoms with E-state index in [2.05, 4.69) is 0 Å². The minimum Gasteiger partial charge on any atom is -0.399 e. The van der Waals surface area contributed by atoms with E-state index >= 15 is 0 Å². The van der Waals surface area contributed by atoms with Crippen LogP contribution in [0.2, 0.25) is 0 Å². The van der Waals surface area contributed by atoms with Crippen LogP contribution in [0.1, 0.15) is 24.8 Å². The van der Waals surface area contributed by atoms with Crippen molar-refractivity contribution in [1.29, 1.82) is 0 Å². The highest BCUT2D eigenvalue weighted by molar-refractivity contribution is 5.87. The number of nitrogen functional groups attached to an aromatic ring is 1. The van der Waals surface area contributed by atoms with Crippen molar-refractivity contribution in [2.45, 2.75) is 25.8 Å². The monoisotopic (exact) mass is 287 g/mol. The van der Waals surface area contributed by atoms with Crippen LogP contribution in [0.15, 0.2) is 24.3 Å². The van der Waals surface area contributed by atoms with E-state index in [0.717, 1.165) is 18.4 Å². The molecule has 2 fully saturated rings. The van der Waals surface area contributed by atoms with Gasteiger partial charge >= 0.3 is 0 Å². The fraction of sp³-hybridized carbons (Fsp3) is 0.500. The number of rotatable bonds is 5. The summed E-state index contributed by atoms with van der Waals surface area (Å²) in [7, 11) is 0. The Hall–Kier alpha value is -2.04. The van der Waals surface area contributed by atoms with Crippen molar-refractivity contribution in [3.05, 3.63) is 29.8 Å². The molecule has 2 atom stereocenters. The molecular formula is C16H21N3O2. The highest BCUT2D eigenvalue weighted by atomic mass is 16.2. The molecule has 0 bridgehead atoms. The second-order valence-corrected chi connectivity index (χ2v) is 6.19. The quantitative estimate of drug-likeness (QED) is 0.795. The molecule has 5 nitrogen and oxygen atoms in total. The molecule has 0 radical (unpaired) electrons. The largest absolute Gasteiger partial charge is 0.399 e. The maximum Gasteiger partial charge on any atom is 0.237 e. The molecular weight excluding hydrogens is 266 g/mol. The third-order valence-corrected chi connectivity index (χ3v) is 4.67. The van der Waals surface area contributed by atoms with Crippen molar-refractivity contribution in [1.82, 2.24) is 4.90 Å². The van der Waals surface area contributed by atoms with E-state index in [-0.39, 0.29) is 18.4 Å². The molecule has 1 aromatic carbocycles. The van der Waals surface area contributed by atoms with Crippen LogP contribution in [0.3, 0.4) is 0 Å². The lowest BCUT2D eigenvalue weighted by Crippen LogP contribution is -2.39. The fourth-order valence-electron chi connectivity index (χ4n) is 3.71. The third kappa shape index (κ3) is 2.86. The SMILES string of the molecule is NC(=O)CN(Cc1cccc(N)c1)C(=O)C1C2CCCC21. The van der Waals surface area contributed by atoms with Crippen LogP contribution in [0.25, 0.3) is 0 Å². The topological polar surface area (TPSA) is 89.4 Å². The lowest BCUT2D eigenvalue weighted by Gasteiger charge is -2.22. The Balaban J connectivity index is 1.71. The first-order valence-electron chi connectivity index (χ1n) is 7.48. The van der Waals surface area contributed by atoms with Crippen molar-refractivity contribution in [3.63, 3.8) is 0 Å². The van der Waals surface area contributed by atoms with Gasteiger partial charge in [-0.25, -0.2) is 0 Å². The van der Waals surface area contributed by atoms with Gasteiger partial charge < -0.3 is 16.4 Å². The van der Waals surface area contributed by atoms with E-state index in [1.54, 1.807) is 11.0 Å². The third-order valence-electron chi connectivity index (χ3n) is 4.67. The number of nitrogens with two attached hydrogens (primary N) is 2. The number of amides is 2. The summed E-state index contributed by atoms with van der Waals surface area (Å²) in [6, 6.07) is 7.39. The molecule has 1 aromatic rings. The number of hydrogen-bond acceptors (Lipinski definition) is 3. The Labute approximate surface area is 124 Å². The van der Waals surface area contributed by atoms with Crippen LogP contribution in [0.5, 0.6) is 0 Å². The number of benzene rings is 1. The number of primary amides is 1. The van der Waals surface area contributed by atoms with Gasteiger partial charge in [0, 0.05) is 18.2 Å². The first-order valence-corrected chi connectivity index (χ1v) is 7.48. The average molecular weight is 287 g/mol. The van der Waals surface area contributed by atoms with Gasteiger partial charge in [0.2, 0.25) is 11.8 Å². The van der Waals surface area contributed by atoms with E-state index in [4.69, 9.17) is 11.5 Å². The number of carbonyl (C=O) groups excluding carboxylic acids is 2. The zero-order valence-corrected chi connectivity index (χ0v) is 12.0. The van der Waals surface area contributed by atoms with Gasteiger partial charge in [-0.05, 0) is 42.4 Å². The smallest absolute Gasteiger partial charge is 0.237 e. The molecule has 0 aromatic heterocycles. The first kappa shape index (κ1) is 13.9. The standard InChI is InChI=1S/C16H21N3O2/c17-11-4-1-3-10(7-11)8-19(9-14(18)20)16(21)15-12-5-2-6-13(12)15/h1,3-4,7,12-13,15H,2,5-6,8-9,17H2,(H2,18,20). The molecule has 5 heteroatoms. The van der Waals surface area contributed by atoms with Gasteiger partial charge in [0.25, 0.3) is 0 Å². The molecule has 3 rings (SSSR count). The fourth-order valence-corrected chi connectivity index (χ4v) is 3.71. The van der Waals surface area contributed by atoms with Crippen molar-refractivity contribution >= 4 is 17.5 Å². The van der Waals surface area contributed by atoms with Crippen molar-refractivity contribution in [3.8, 4) is 0 Å². The van der Waals surface area contributed by atoms with Gasteiger partial charge in [-0.15, -0.1) is 0 Å². The molecule has 112 valence electrons. The van der Waals surface area contributed by atoms with E-state index in [1.807, 2.05) is 18.2 Å². The Morgan fingerprint density at radius 3 is 2.57 bits per heavy atom. The molecule has 0 saturated heterocycles. The zero-order valence-electron chi connectivity index (χ0n) is 12.0. The van der Waals surface area contributed by atoms with E-state index in [9.17, 15) is 9.59 Å². The second-order valence-electron chi connectivity index (χ2n) is 6.19. The van der Waals surface area contributed by atoms with Crippen molar-refractivity contribution < 1.29 is 9.59 Å². The van der Waals surface area contributed by atoms with Crippen LogP contribution in [0.4, 0.5) is 5.69 Å². The lowest BCUT2D eigenvalue weighted by atomic mass is 10.1. The number of anilines is 1. The van der Waals surface area contributed by atoms with Gasteiger partial charge in [-0.3, -0.25) is 9.59 Å². The molecule has 2 aliphatic rings. The average Bonchev–Trinajstić information content (AvgIpc) is 2.89. The molecule has 2 aliphatic carbocycles. The Bertz CT molecular complexity index is 562. The Morgan fingerprint density at radius 1 is 1.24 bits per heavy atom. The second kappa shape index (κ2) is 5.39. The van der Waals surface area contributed by atoms with Gasteiger partial charge in [-0.2, -0.15) is 0 Å². The number of carbonyl (C=O) groups is 2. The van der Waals surface area contributed by atoms with Gasteiger partial charge in [0.15, 0.2) is 0 Å². The predicted molar refractivity (Wildman–Crippen MR) is 79.8 cm³/mol. The maximum absolute atomic E-state index is 12.6. The summed E-state index contributed by atoms with van der Waals surface area (Å²) in [5, 5.41) is 0. The lowest BCUT2D eigenvalue weighted by molar-refractivity contribution is -0.137. The zero-order chi connectivity index (χ0) is 15.0. The summed E-state index contributed by atoms with van der Waals surface area (Å²) in [6.07, 6.45) is 3.51. The van der Waals surface area contributed by atoms with E-state index < -0.39 is 5.91 Å². The van der Waals surface area contributed by atoms with Crippen molar-refractivity contribution in [2.75, 3.05) is 12.3 Å². The number of hydrogen-bond donors (Lipinski definition) is 2. The summed E-state index contributed by atoms with van der Waals surface area (Å²) in [4.78, 5) is 25.5. The first-order chi connectivity index (χ1) is 10.1. The minimum atomic E-state index is -0.474.